The lowest BCUT2D eigenvalue weighted by atomic mass is 9.90. The van der Waals surface area contributed by atoms with Crippen LogP contribution in [-0.4, -0.2) is 96.5 Å². The van der Waals surface area contributed by atoms with E-state index >= 15 is 0 Å². The first kappa shape index (κ1) is 23.6. The highest BCUT2D eigenvalue weighted by molar-refractivity contribution is 5.67. The predicted molar refractivity (Wildman–Crippen MR) is 107 cm³/mol. The summed E-state index contributed by atoms with van der Waals surface area (Å²) in [5.41, 5.74) is -2.39. The van der Waals surface area contributed by atoms with Gasteiger partial charge in [-0.15, -0.1) is 0 Å². The van der Waals surface area contributed by atoms with E-state index in [1.807, 2.05) is 4.90 Å². The van der Waals surface area contributed by atoms with Gasteiger partial charge in [0.2, 0.25) is 0 Å². The second kappa shape index (κ2) is 10.1. The molecule has 0 aromatic heterocycles. The average molecular weight is 444 g/mol. The Morgan fingerprint density at radius 1 is 1.16 bits per heavy atom. The SMILES string of the molecule is CCOC(=O)N1CCC(O)(CN2CCOC[C@](O)(COc3ccc(F)c(F)c3)C2)CC1. The predicted octanol–water partition coefficient (Wildman–Crippen LogP) is 1.39. The van der Waals surface area contributed by atoms with Crippen molar-refractivity contribution < 1.29 is 38.0 Å². The van der Waals surface area contributed by atoms with Crippen LogP contribution in [0.1, 0.15) is 19.8 Å². The summed E-state index contributed by atoms with van der Waals surface area (Å²) in [7, 11) is 0. The summed E-state index contributed by atoms with van der Waals surface area (Å²) in [6.07, 6.45) is 0.413. The number of likely N-dealkylation sites (tertiary alicyclic amines) is 1. The molecule has 2 aliphatic rings. The van der Waals surface area contributed by atoms with E-state index in [1.165, 1.54) is 6.07 Å². The highest BCUT2D eigenvalue weighted by Crippen LogP contribution is 2.26. The van der Waals surface area contributed by atoms with Gasteiger partial charge in [0.15, 0.2) is 11.6 Å². The molecule has 2 N–H and O–H groups in total. The summed E-state index contributed by atoms with van der Waals surface area (Å²) in [6.45, 7) is 4.05. The van der Waals surface area contributed by atoms with E-state index in [-0.39, 0.29) is 31.6 Å². The van der Waals surface area contributed by atoms with Gasteiger partial charge < -0.3 is 29.3 Å². The van der Waals surface area contributed by atoms with Crippen LogP contribution in [0.2, 0.25) is 0 Å². The van der Waals surface area contributed by atoms with Crippen LogP contribution in [0, 0.1) is 11.6 Å². The molecule has 1 amide bonds. The van der Waals surface area contributed by atoms with Crippen molar-refractivity contribution in [3.05, 3.63) is 29.8 Å². The molecule has 174 valence electrons. The normalized spacial score (nSPS) is 24.5. The zero-order valence-corrected chi connectivity index (χ0v) is 17.7. The molecule has 2 aliphatic heterocycles. The summed E-state index contributed by atoms with van der Waals surface area (Å²) < 4.78 is 42.5. The van der Waals surface area contributed by atoms with E-state index in [0.717, 1.165) is 12.1 Å². The molecule has 0 bridgehead atoms. The molecule has 8 nitrogen and oxygen atoms in total. The van der Waals surface area contributed by atoms with E-state index in [4.69, 9.17) is 14.2 Å². The van der Waals surface area contributed by atoms with Gasteiger partial charge in [-0.1, -0.05) is 0 Å². The first-order valence-electron chi connectivity index (χ1n) is 10.5. The molecular weight excluding hydrogens is 414 g/mol. The number of carbonyl (C=O) groups excluding carboxylic acids is 1. The van der Waals surface area contributed by atoms with Crippen LogP contribution in [-0.2, 0) is 9.47 Å². The van der Waals surface area contributed by atoms with Crippen molar-refractivity contribution in [2.75, 3.05) is 59.2 Å². The molecule has 0 unspecified atom stereocenters. The number of ether oxygens (including phenoxy) is 3. The number of hydrogen-bond donors (Lipinski definition) is 2. The summed E-state index contributed by atoms with van der Waals surface area (Å²) in [5.74, 6) is -1.90. The van der Waals surface area contributed by atoms with Crippen molar-refractivity contribution in [2.24, 2.45) is 0 Å². The molecule has 3 rings (SSSR count). The largest absolute Gasteiger partial charge is 0.490 e. The summed E-state index contributed by atoms with van der Waals surface area (Å²) in [5, 5.41) is 22.0. The van der Waals surface area contributed by atoms with Gasteiger partial charge >= 0.3 is 6.09 Å². The van der Waals surface area contributed by atoms with Crippen LogP contribution < -0.4 is 4.74 Å². The van der Waals surface area contributed by atoms with Crippen molar-refractivity contribution in [3.63, 3.8) is 0 Å². The number of piperidine rings is 1. The average Bonchev–Trinajstić information content (AvgIpc) is 2.90. The van der Waals surface area contributed by atoms with Gasteiger partial charge in [0.25, 0.3) is 0 Å². The first-order valence-corrected chi connectivity index (χ1v) is 10.5. The Hall–Kier alpha value is -2.01. The third-order valence-corrected chi connectivity index (χ3v) is 5.58. The van der Waals surface area contributed by atoms with Gasteiger partial charge in [-0.2, -0.15) is 0 Å². The van der Waals surface area contributed by atoms with Crippen LogP contribution in [0.4, 0.5) is 13.6 Å². The molecule has 31 heavy (non-hydrogen) atoms. The zero-order chi connectivity index (χ0) is 22.5. The number of carbonyl (C=O) groups is 1. The quantitative estimate of drug-likeness (QED) is 0.685. The molecule has 2 heterocycles. The lowest BCUT2D eigenvalue weighted by Crippen LogP contribution is -2.55. The summed E-state index contributed by atoms with van der Waals surface area (Å²) >= 11 is 0. The maximum absolute atomic E-state index is 13.4. The zero-order valence-electron chi connectivity index (χ0n) is 17.7. The molecule has 2 fully saturated rings. The Morgan fingerprint density at radius 3 is 2.58 bits per heavy atom. The molecule has 2 saturated heterocycles. The Labute approximate surface area is 180 Å². The summed E-state index contributed by atoms with van der Waals surface area (Å²) in [4.78, 5) is 15.3. The fourth-order valence-corrected chi connectivity index (χ4v) is 3.90. The molecule has 0 spiro atoms. The Bertz CT molecular complexity index is 759. The highest BCUT2D eigenvalue weighted by Gasteiger charge is 2.40. The maximum Gasteiger partial charge on any atom is 0.409 e. The van der Waals surface area contributed by atoms with Crippen LogP contribution in [0.15, 0.2) is 18.2 Å². The van der Waals surface area contributed by atoms with Gasteiger partial charge in [-0.3, -0.25) is 4.90 Å². The molecular formula is C21H30F2N2O6. The third-order valence-electron chi connectivity index (χ3n) is 5.58. The third kappa shape index (κ3) is 6.49. The van der Waals surface area contributed by atoms with E-state index < -0.39 is 22.8 Å². The fraction of sp³-hybridized carbons (Fsp3) is 0.667. The van der Waals surface area contributed by atoms with Crippen LogP contribution >= 0.6 is 0 Å². The van der Waals surface area contributed by atoms with Crippen molar-refractivity contribution in [2.45, 2.75) is 31.0 Å². The Morgan fingerprint density at radius 2 is 1.90 bits per heavy atom. The molecule has 1 atom stereocenters. The molecule has 1 aromatic carbocycles. The minimum absolute atomic E-state index is 0.0161. The summed E-state index contributed by atoms with van der Waals surface area (Å²) in [6, 6.07) is 3.17. The highest BCUT2D eigenvalue weighted by atomic mass is 19.2. The van der Waals surface area contributed by atoms with E-state index in [0.29, 0.717) is 52.2 Å². The van der Waals surface area contributed by atoms with Crippen LogP contribution in [0.3, 0.4) is 0 Å². The second-order valence-electron chi connectivity index (χ2n) is 8.26. The number of amides is 1. The van der Waals surface area contributed by atoms with Crippen LogP contribution in [0.5, 0.6) is 5.75 Å². The number of hydrogen-bond acceptors (Lipinski definition) is 7. The first-order chi connectivity index (χ1) is 14.7. The van der Waals surface area contributed by atoms with Gasteiger partial charge in [0, 0.05) is 38.8 Å². The van der Waals surface area contributed by atoms with Crippen LogP contribution in [0.25, 0.3) is 0 Å². The molecule has 0 saturated carbocycles. The van der Waals surface area contributed by atoms with Crippen molar-refractivity contribution in [3.8, 4) is 5.75 Å². The fourth-order valence-electron chi connectivity index (χ4n) is 3.90. The molecule has 10 heteroatoms. The topological polar surface area (TPSA) is 91.7 Å². The number of aliphatic hydroxyl groups is 2. The number of benzene rings is 1. The standard InChI is InChI=1S/C21H30F2N2O6/c1-2-30-19(26)25-7-5-20(27,6-8-25)12-24-9-10-29-14-21(28,13-24)15-31-16-3-4-17(22)18(23)11-16/h3-4,11,27-28H,2,5-10,12-15H2,1H3/t21-/m0/s1. The van der Waals surface area contributed by atoms with E-state index in [2.05, 4.69) is 0 Å². The van der Waals surface area contributed by atoms with Gasteiger partial charge in [0.1, 0.15) is 18.0 Å². The van der Waals surface area contributed by atoms with Gasteiger partial charge in [0.05, 0.1) is 25.4 Å². The number of halogens is 2. The van der Waals surface area contributed by atoms with Gasteiger partial charge in [-0.05, 0) is 31.9 Å². The van der Waals surface area contributed by atoms with Crippen molar-refractivity contribution >= 4 is 6.09 Å². The molecule has 0 radical (unpaired) electrons. The number of nitrogens with zero attached hydrogens (tertiary/aromatic N) is 2. The Kier molecular flexibility index (Phi) is 7.68. The van der Waals surface area contributed by atoms with Gasteiger partial charge in [-0.25, -0.2) is 13.6 Å². The minimum atomic E-state index is -1.39. The smallest absolute Gasteiger partial charge is 0.409 e. The lowest BCUT2D eigenvalue weighted by molar-refractivity contribution is -0.0790. The Balaban J connectivity index is 1.55. The molecule has 0 aliphatic carbocycles. The van der Waals surface area contributed by atoms with Crippen molar-refractivity contribution in [1.82, 2.24) is 9.80 Å². The lowest BCUT2D eigenvalue weighted by Gasteiger charge is -2.41. The van der Waals surface area contributed by atoms with E-state index in [9.17, 15) is 23.8 Å². The minimum Gasteiger partial charge on any atom is -0.490 e. The number of rotatable bonds is 6. The molecule has 1 aromatic rings. The van der Waals surface area contributed by atoms with E-state index in [1.54, 1.807) is 11.8 Å². The maximum atomic E-state index is 13.4. The monoisotopic (exact) mass is 444 g/mol. The number of β-amino-alcohol motifs (C(OH)–C–C–N with tert-alkyl or cyclic N) is 2. The van der Waals surface area contributed by atoms with Crippen molar-refractivity contribution in [1.29, 1.82) is 0 Å². The second-order valence-corrected chi connectivity index (χ2v) is 8.26.